The molecule has 0 heterocycles. The van der Waals surface area contributed by atoms with E-state index in [4.69, 9.17) is 9.47 Å². The summed E-state index contributed by atoms with van der Waals surface area (Å²) in [5.74, 6) is 1.95. The Balaban J connectivity index is 2.32. The Morgan fingerprint density at radius 3 is 2.64 bits per heavy atom. The number of carbonyl (C=O) groups excluding carboxylic acids is 1. The number of hydrogen-bond donors (Lipinski definition) is 0. The van der Waals surface area contributed by atoms with E-state index in [1.54, 1.807) is 13.2 Å². The molecule has 0 aliphatic heterocycles. The van der Waals surface area contributed by atoms with Crippen molar-refractivity contribution in [3.63, 3.8) is 0 Å². The summed E-state index contributed by atoms with van der Waals surface area (Å²) in [4.78, 5) is 10.5. The first kappa shape index (κ1) is 15.6. The number of benzene rings is 2. The second-order valence-corrected chi connectivity index (χ2v) is 4.61. The predicted octanol–water partition coefficient (Wildman–Crippen LogP) is 4.43. The number of aldehydes is 1. The fraction of sp³-hybridized carbons (Fsp3) is 0.105. The number of hydrogen-bond acceptors (Lipinski definition) is 3. The second kappa shape index (κ2) is 7.84. The highest BCUT2D eigenvalue weighted by molar-refractivity contribution is 5.75. The summed E-state index contributed by atoms with van der Waals surface area (Å²) in [7, 11) is 1.61. The van der Waals surface area contributed by atoms with Crippen LogP contribution in [-0.4, -0.2) is 13.4 Å². The van der Waals surface area contributed by atoms with Gasteiger partial charge in [0, 0.05) is 5.56 Å². The molecule has 2 aromatic rings. The van der Waals surface area contributed by atoms with Crippen LogP contribution in [0.15, 0.2) is 61.2 Å². The smallest absolute Gasteiger partial charge is 0.169 e. The summed E-state index contributed by atoms with van der Waals surface area (Å²) in [5, 5.41) is 0. The van der Waals surface area contributed by atoms with E-state index in [2.05, 4.69) is 6.58 Å². The standard InChI is InChI=1S/C19H18O3/c1-3-7-15-11-12-18(19(14-15)21-2)22-17-10-5-4-8-16(17)9-6-13-20/h3-6,8-14H,1,7H2,2H3. The molecule has 0 spiro atoms. The fourth-order valence-corrected chi connectivity index (χ4v) is 2.06. The lowest BCUT2D eigenvalue weighted by Gasteiger charge is -2.13. The number of para-hydroxylation sites is 1. The lowest BCUT2D eigenvalue weighted by molar-refractivity contribution is -0.104. The number of carbonyl (C=O) groups is 1. The third kappa shape index (κ3) is 3.85. The topological polar surface area (TPSA) is 35.5 Å². The summed E-state index contributed by atoms with van der Waals surface area (Å²) in [6, 6.07) is 13.3. The van der Waals surface area contributed by atoms with Crippen LogP contribution in [0.25, 0.3) is 6.08 Å². The minimum atomic E-state index is 0.627. The Hall–Kier alpha value is -2.81. The van der Waals surface area contributed by atoms with Gasteiger partial charge >= 0.3 is 0 Å². The van der Waals surface area contributed by atoms with Gasteiger partial charge in [-0.2, -0.15) is 0 Å². The Bertz CT molecular complexity index is 687. The van der Waals surface area contributed by atoms with Crippen molar-refractivity contribution in [2.24, 2.45) is 0 Å². The molecular weight excluding hydrogens is 276 g/mol. The van der Waals surface area contributed by atoms with Gasteiger partial charge in [0.15, 0.2) is 11.5 Å². The first-order chi connectivity index (χ1) is 10.8. The Labute approximate surface area is 130 Å². The second-order valence-electron chi connectivity index (χ2n) is 4.61. The van der Waals surface area contributed by atoms with Gasteiger partial charge in [0.2, 0.25) is 0 Å². The van der Waals surface area contributed by atoms with Gasteiger partial charge in [0.25, 0.3) is 0 Å². The number of ether oxygens (including phenoxy) is 2. The van der Waals surface area contributed by atoms with Gasteiger partial charge in [-0.15, -0.1) is 6.58 Å². The molecule has 0 N–H and O–H groups in total. The van der Waals surface area contributed by atoms with E-state index in [1.165, 1.54) is 6.08 Å². The van der Waals surface area contributed by atoms with Gasteiger partial charge in [0.1, 0.15) is 12.0 Å². The average Bonchev–Trinajstić information content (AvgIpc) is 2.55. The zero-order valence-corrected chi connectivity index (χ0v) is 12.5. The third-order valence-electron chi connectivity index (χ3n) is 3.10. The van der Waals surface area contributed by atoms with Crippen LogP contribution in [0.1, 0.15) is 11.1 Å². The van der Waals surface area contributed by atoms with Crippen LogP contribution in [-0.2, 0) is 11.2 Å². The molecule has 112 valence electrons. The van der Waals surface area contributed by atoms with Crippen molar-refractivity contribution < 1.29 is 14.3 Å². The summed E-state index contributed by atoms with van der Waals surface area (Å²) >= 11 is 0. The van der Waals surface area contributed by atoms with Crippen LogP contribution < -0.4 is 9.47 Å². The van der Waals surface area contributed by atoms with Gasteiger partial charge in [-0.05, 0) is 42.3 Å². The van der Waals surface area contributed by atoms with Crippen LogP contribution in [0.2, 0.25) is 0 Å². The van der Waals surface area contributed by atoms with E-state index in [0.29, 0.717) is 17.2 Å². The molecule has 0 aromatic heterocycles. The van der Waals surface area contributed by atoms with Gasteiger partial charge in [-0.25, -0.2) is 0 Å². The lowest BCUT2D eigenvalue weighted by atomic mass is 10.1. The maximum atomic E-state index is 10.5. The summed E-state index contributed by atoms with van der Waals surface area (Å²) in [6.45, 7) is 3.73. The molecule has 2 aromatic carbocycles. The van der Waals surface area contributed by atoms with Gasteiger partial charge < -0.3 is 9.47 Å². The van der Waals surface area contributed by atoms with Crippen molar-refractivity contribution in [1.29, 1.82) is 0 Å². The highest BCUT2D eigenvalue weighted by Gasteiger charge is 2.08. The van der Waals surface area contributed by atoms with Crippen LogP contribution in [0, 0.1) is 0 Å². The monoisotopic (exact) mass is 294 g/mol. The molecule has 0 atom stereocenters. The maximum absolute atomic E-state index is 10.5. The molecule has 0 unspecified atom stereocenters. The van der Waals surface area contributed by atoms with Crippen molar-refractivity contribution >= 4 is 12.4 Å². The van der Waals surface area contributed by atoms with Crippen molar-refractivity contribution in [3.05, 3.63) is 72.3 Å². The SMILES string of the molecule is C=CCc1ccc(Oc2ccccc2C=CC=O)c(OC)c1. The summed E-state index contributed by atoms with van der Waals surface area (Å²) in [6.07, 6.45) is 6.50. The Morgan fingerprint density at radius 2 is 1.91 bits per heavy atom. The van der Waals surface area contributed by atoms with E-state index in [1.807, 2.05) is 48.5 Å². The number of rotatable bonds is 7. The van der Waals surface area contributed by atoms with Crippen LogP contribution in [0.5, 0.6) is 17.2 Å². The molecule has 3 nitrogen and oxygen atoms in total. The third-order valence-corrected chi connectivity index (χ3v) is 3.10. The average molecular weight is 294 g/mol. The molecule has 0 radical (unpaired) electrons. The molecule has 0 saturated heterocycles. The van der Waals surface area contributed by atoms with Crippen LogP contribution >= 0.6 is 0 Å². The summed E-state index contributed by atoms with van der Waals surface area (Å²) in [5.41, 5.74) is 1.93. The Morgan fingerprint density at radius 1 is 1.09 bits per heavy atom. The number of methoxy groups -OCH3 is 1. The molecular formula is C19H18O3. The fourth-order valence-electron chi connectivity index (χ4n) is 2.06. The van der Waals surface area contributed by atoms with Crippen molar-refractivity contribution in [2.45, 2.75) is 6.42 Å². The van der Waals surface area contributed by atoms with E-state index in [-0.39, 0.29) is 0 Å². The van der Waals surface area contributed by atoms with E-state index in [9.17, 15) is 4.79 Å². The molecule has 22 heavy (non-hydrogen) atoms. The minimum absolute atomic E-state index is 0.627. The molecule has 0 bridgehead atoms. The molecule has 0 fully saturated rings. The van der Waals surface area contributed by atoms with E-state index < -0.39 is 0 Å². The highest BCUT2D eigenvalue weighted by Crippen LogP contribution is 2.34. The van der Waals surface area contributed by atoms with Gasteiger partial charge in [0.05, 0.1) is 7.11 Å². The zero-order valence-electron chi connectivity index (χ0n) is 12.5. The van der Waals surface area contributed by atoms with Crippen molar-refractivity contribution in [3.8, 4) is 17.2 Å². The van der Waals surface area contributed by atoms with Crippen molar-refractivity contribution in [1.82, 2.24) is 0 Å². The predicted molar refractivity (Wildman–Crippen MR) is 88.5 cm³/mol. The van der Waals surface area contributed by atoms with Gasteiger partial charge in [-0.3, -0.25) is 4.79 Å². The van der Waals surface area contributed by atoms with E-state index >= 15 is 0 Å². The first-order valence-corrected chi connectivity index (χ1v) is 6.95. The molecule has 0 aliphatic rings. The normalized spacial score (nSPS) is 10.4. The maximum Gasteiger partial charge on any atom is 0.169 e. The molecule has 0 amide bonds. The highest BCUT2D eigenvalue weighted by atomic mass is 16.5. The lowest BCUT2D eigenvalue weighted by Crippen LogP contribution is -1.93. The van der Waals surface area contributed by atoms with E-state index in [0.717, 1.165) is 23.8 Å². The first-order valence-electron chi connectivity index (χ1n) is 6.95. The number of allylic oxidation sites excluding steroid dienone is 2. The van der Waals surface area contributed by atoms with Crippen LogP contribution in [0.3, 0.4) is 0 Å². The molecule has 2 rings (SSSR count). The largest absolute Gasteiger partial charge is 0.493 e. The molecule has 3 heteroatoms. The molecule has 0 aliphatic carbocycles. The van der Waals surface area contributed by atoms with Crippen molar-refractivity contribution in [2.75, 3.05) is 7.11 Å². The van der Waals surface area contributed by atoms with Crippen LogP contribution in [0.4, 0.5) is 0 Å². The zero-order chi connectivity index (χ0) is 15.8. The quantitative estimate of drug-likeness (QED) is 0.430. The summed E-state index contributed by atoms with van der Waals surface area (Å²) < 4.78 is 11.3. The Kier molecular flexibility index (Phi) is 5.55. The minimum Gasteiger partial charge on any atom is -0.493 e. The van der Waals surface area contributed by atoms with Gasteiger partial charge in [-0.1, -0.05) is 30.3 Å². The molecule has 0 saturated carbocycles.